The first-order chi connectivity index (χ1) is 7.56. The van der Waals surface area contributed by atoms with E-state index in [4.69, 9.17) is 15.6 Å². The van der Waals surface area contributed by atoms with Crippen LogP contribution in [0.15, 0.2) is 11.0 Å². The SMILES string of the molecule is CCc1c(SC)cc(C(=O)O)c(OC)c1N. The molecule has 1 aromatic rings. The second-order valence-electron chi connectivity index (χ2n) is 3.21. The summed E-state index contributed by atoms with van der Waals surface area (Å²) < 4.78 is 5.06. The lowest BCUT2D eigenvalue weighted by molar-refractivity contribution is 0.0693. The van der Waals surface area contributed by atoms with Gasteiger partial charge in [-0.3, -0.25) is 0 Å². The van der Waals surface area contributed by atoms with Crippen LogP contribution in [0, 0.1) is 0 Å². The molecule has 5 heteroatoms. The maximum Gasteiger partial charge on any atom is 0.339 e. The van der Waals surface area contributed by atoms with Gasteiger partial charge in [-0.25, -0.2) is 4.79 Å². The lowest BCUT2D eigenvalue weighted by Crippen LogP contribution is -2.07. The first-order valence-electron chi connectivity index (χ1n) is 4.83. The van der Waals surface area contributed by atoms with Gasteiger partial charge in [-0.15, -0.1) is 11.8 Å². The summed E-state index contributed by atoms with van der Waals surface area (Å²) in [4.78, 5) is 11.9. The number of carbonyl (C=O) groups is 1. The topological polar surface area (TPSA) is 72.5 Å². The summed E-state index contributed by atoms with van der Waals surface area (Å²) in [6.07, 6.45) is 2.64. The molecule has 4 nitrogen and oxygen atoms in total. The van der Waals surface area contributed by atoms with Crippen LogP contribution in [0.1, 0.15) is 22.8 Å². The minimum absolute atomic E-state index is 0.113. The minimum Gasteiger partial charge on any atom is -0.494 e. The van der Waals surface area contributed by atoms with Crippen molar-refractivity contribution in [3.8, 4) is 5.75 Å². The zero-order valence-electron chi connectivity index (χ0n) is 9.53. The summed E-state index contributed by atoms with van der Waals surface area (Å²) in [5.41, 5.74) is 7.39. The largest absolute Gasteiger partial charge is 0.494 e. The molecule has 0 saturated carbocycles. The standard InChI is InChI=1S/C11H15NO3S/c1-4-6-8(16-3)5-7(11(13)14)10(15-2)9(6)12/h5H,4,12H2,1-3H3,(H,13,14). The van der Waals surface area contributed by atoms with Crippen LogP contribution in [-0.4, -0.2) is 24.4 Å². The number of carboxylic acids is 1. The quantitative estimate of drug-likeness (QED) is 0.625. The average molecular weight is 241 g/mol. The van der Waals surface area contributed by atoms with E-state index in [0.717, 1.165) is 16.9 Å². The Bertz CT molecular complexity index is 418. The molecule has 0 radical (unpaired) electrons. The highest BCUT2D eigenvalue weighted by molar-refractivity contribution is 7.98. The number of aromatic carboxylic acids is 1. The van der Waals surface area contributed by atoms with Crippen molar-refractivity contribution in [2.45, 2.75) is 18.2 Å². The molecule has 0 unspecified atom stereocenters. The van der Waals surface area contributed by atoms with Crippen molar-refractivity contribution in [3.05, 3.63) is 17.2 Å². The molecule has 1 aromatic carbocycles. The molecule has 0 aliphatic rings. The molecular weight excluding hydrogens is 226 g/mol. The van der Waals surface area contributed by atoms with E-state index < -0.39 is 5.97 Å². The van der Waals surface area contributed by atoms with Crippen LogP contribution in [-0.2, 0) is 6.42 Å². The van der Waals surface area contributed by atoms with Gasteiger partial charge in [0, 0.05) is 4.90 Å². The normalized spacial score (nSPS) is 10.2. The van der Waals surface area contributed by atoms with Crippen LogP contribution in [0.25, 0.3) is 0 Å². The number of thioether (sulfide) groups is 1. The second kappa shape index (κ2) is 5.12. The maximum atomic E-state index is 11.1. The van der Waals surface area contributed by atoms with E-state index in [1.54, 1.807) is 6.07 Å². The van der Waals surface area contributed by atoms with Crippen LogP contribution in [0.3, 0.4) is 0 Å². The van der Waals surface area contributed by atoms with Gasteiger partial charge in [0.15, 0.2) is 5.75 Å². The molecule has 0 spiro atoms. The third-order valence-electron chi connectivity index (χ3n) is 2.40. The highest BCUT2D eigenvalue weighted by atomic mass is 32.2. The lowest BCUT2D eigenvalue weighted by Gasteiger charge is -2.15. The third-order valence-corrected chi connectivity index (χ3v) is 3.20. The number of carboxylic acid groups (broad SMARTS) is 1. The van der Waals surface area contributed by atoms with E-state index in [2.05, 4.69) is 0 Å². The van der Waals surface area contributed by atoms with Crippen molar-refractivity contribution < 1.29 is 14.6 Å². The molecular formula is C11H15NO3S. The minimum atomic E-state index is -1.03. The van der Waals surface area contributed by atoms with E-state index >= 15 is 0 Å². The van der Waals surface area contributed by atoms with Crippen molar-refractivity contribution in [3.63, 3.8) is 0 Å². The van der Waals surface area contributed by atoms with E-state index in [-0.39, 0.29) is 11.3 Å². The number of hydrogen-bond acceptors (Lipinski definition) is 4. The summed E-state index contributed by atoms with van der Waals surface area (Å²) in [6, 6.07) is 1.61. The molecule has 88 valence electrons. The Hall–Kier alpha value is -1.36. The summed E-state index contributed by atoms with van der Waals surface area (Å²) >= 11 is 1.49. The number of ether oxygens (including phenoxy) is 1. The fourth-order valence-electron chi connectivity index (χ4n) is 1.62. The highest BCUT2D eigenvalue weighted by Crippen LogP contribution is 2.36. The Kier molecular flexibility index (Phi) is 4.06. The van der Waals surface area contributed by atoms with E-state index in [9.17, 15) is 4.79 Å². The molecule has 0 amide bonds. The number of rotatable bonds is 4. The van der Waals surface area contributed by atoms with E-state index in [1.165, 1.54) is 18.9 Å². The Labute approximate surface area is 98.8 Å². The van der Waals surface area contributed by atoms with E-state index in [0.29, 0.717) is 5.69 Å². The predicted molar refractivity (Wildman–Crippen MR) is 65.5 cm³/mol. The fourth-order valence-corrected chi connectivity index (χ4v) is 2.36. The lowest BCUT2D eigenvalue weighted by atomic mass is 10.1. The molecule has 3 N–H and O–H groups in total. The molecule has 0 atom stereocenters. The van der Waals surface area contributed by atoms with Gasteiger partial charge in [-0.05, 0) is 24.3 Å². The summed E-state index contributed by atoms with van der Waals surface area (Å²) in [5, 5.41) is 9.06. The number of methoxy groups -OCH3 is 1. The smallest absolute Gasteiger partial charge is 0.339 e. The highest BCUT2D eigenvalue weighted by Gasteiger charge is 2.19. The summed E-state index contributed by atoms with van der Waals surface area (Å²) in [7, 11) is 1.43. The van der Waals surface area contributed by atoms with Crippen molar-refractivity contribution in [1.82, 2.24) is 0 Å². The number of nitrogens with two attached hydrogens (primary N) is 1. The second-order valence-corrected chi connectivity index (χ2v) is 4.06. The molecule has 0 fully saturated rings. The Morgan fingerprint density at radius 2 is 2.25 bits per heavy atom. The molecule has 0 aliphatic carbocycles. The average Bonchev–Trinajstić information content (AvgIpc) is 2.27. The fraction of sp³-hybridized carbons (Fsp3) is 0.364. The van der Waals surface area contributed by atoms with Gasteiger partial charge in [0.2, 0.25) is 0 Å². The Morgan fingerprint density at radius 1 is 1.62 bits per heavy atom. The van der Waals surface area contributed by atoms with Crippen molar-refractivity contribution in [1.29, 1.82) is 0 Å². The van der Waals surface area contributed by atoms with Crippen LogP contribution >= 0.6 is 11.8 Å². The van der Waals surface area contributed by atoms with Crippen molar-refractivity contribution >= 4 is 23.4 Å². The van der Waals surface area contributed by atoms with Crippen LogP contribution in [0.5, 0.6) is 5.75 Å². The molecule has 16 heavy (non-hydrogen) atoms. The van der Waals surface area contributed by atoms with Gasteiger partial charge in [-0.1, -0.05) is 6.92 Å². The molecule has 0 bridgehead atoms. The Balaban J connectivity index is 3.54. The van der Waals surface area contributed by atoms with Gasteiger partial charge < -0.3 is 15.6 Å². The number of hydrogen-bond donors (Lipinski definition) is 2. The van der Waals surface area contributed by atoms with Crippen molar-refractivity contribution in [2.24, 2.45) is 0 Å². The zero-order chi connectivity index (χ0) is 12.3. The molecule has 0 aromatic heterocycles. The zero-order valence-corrected chi connectivity index (χ0v) is 10.4. The monoisotopic (exact) mass is 241 g/mol. The van der Waals surface area contributed by atoms with Crippen molar-refractivity contribution in [2.75, 3.05) is 19.1 Å². The number of anilines is 1. The third kappa shape index (κ3) is 2.09. The molecule has 0 saturated heterocycles. The van der Waals surface area contributed by atoms with E-state index in [1.807, 2.05) is 13.2 Å². The predicted octanol–water partition coefficient (Wildman–Crippen LogP) is 2.26. The maximum absolute atomic E-state index is 11.1. The van der Waals surface area contributed by atoms with Crippen LogP contribution < -0.4 is 10.5 Å². The van der Waals surface area contributed by atoms with Gasteiger partial charge in [0.1, 0.15) is 5.56 Å². The van der Waals surface area contributed by atoms with Gasteiger partial charge in [-0.2, -0.15) is 0 Å². The van der Waals surface area contributed by atoms with Gasteiger partial charge >= 0.3 is 5.97 Å². The summed E-state index contributed by atoms with van der Waals surface area (Å²) in [6.45, 7) is 1.98. The number of benzene rings is 1. The summed E-state index contributed by atoms with van der Waals surface area (Å²) in [5.74, 6) is -0.774. The Morgan fingerprint density at radius 3 is 2.62 bits per heavy atom. The van der Waals surface area contributed by atoms with Gasteiger partial charge in [0.05, 0.1) is 12.8 Å². The van der Waals surface area contributed by atoms with Crippen LogP contribution in [0.4, 0.5) is 5.69 Å². The number of nitrogen functional groups attached to an aromatic ring is 1. The van der Waals surface area contributed by atoms with Crippen LogP contribution in [0.2, 0.25) is 0 Å². The molecule has 1 rings (SSSR count). The van der Waals surface area contributed by atoms with Gasteiger partial charge in [0.25, 0.3) is 0 Å². The first kappa shape index (κ1) is 12.7. The molecule has 0 aliphatic heterocycles. The molecule has 0 heterocycles. The first-order valence-corrected chi connectivity index (χ1v) is 6.05.